The average Bonchev–Trinajstić information content (AvgIpc) is 3.28. The number of ether oxygens (including phenoxy) is 1. The number of alkyl halides is 3. The Morgan fingerprint density at radius 1 is 1.06 bits per heavy atom. The van der Waals surface area contributed by atoms with Crippen molar-refractivity contribution in [3.05, 3.63) is 58.6 Å². The number of anilines is 1. The van der Waals surface area contributed by atoms with Crippen LogP contribution in [-0.4, -0.2) is 44.3 Å². The van der Waals surface area contributed by atoms with Gasteiger partial charge in [-0.3, -0.25) is 4.79 Å². The number of para-hydroxylation sites is 1. The van der Waals surface area contributed by atoms with E-state index in [1.807, 2.05) is 5.32 Å². The smallest absolute Gasteiger partial charge is 0.418 e. The van der Waals surface area contributed by atoms with Gasteiger partial charge in [0.15, 0.2) is 6.61 Å². The minimum absolute atomic E-state index is 0.0205. The van der Waals surface area contributed by atoms with Crippen LogP contribution in [0.1, 0.15) is 28.8 Å². The molecule has 1 amide bonds. The summed E-state index contributed by atoms with van der Waals surface area (Å²) in [5.41, 5.74) is -1.80. The SMILES string of the molecule is O=C(COC(=O)c1ccc(S(=O)(=O)N2CCCC2)cc1)Nc1c(Cl)cccc1C(F)(F)F. The second-order valence-electron chi connectivity index (χ2n) is 6.92. The Morgan fingerprint density at radius 2 is 1.69 bits per heavy atom. The number of hydrogen-bond donors (Lipinski definition) is 1. The molecule has 0 saturated carbocycles. The van der Waals surface area contributed by atoms with Crippen molar-refractivity contribution in [2.45, 2.75) is 23.9 Å². The number of carbonyl (C=O) groups is 2. The molecular formula is C20H18ClF3N2O5S. The number of benzene rings is 2. The fourth-order valence-electron chi connectivity index (χ4n) is 3.12. The molecule has 1 aliphatic heterocycles. The molecule has 7 nitrogen and oxygen atoms in total. The van der Waals surface area contributed by atoms with E-state index in [0.717, 1.165) is 25.0 Å². The van der Waals surface area contributed by atoms with Gasteiger partial charge in [0.25, 0.3) is 5.91 Å². The van der Waals surface area contributed by atoms with Crippen molar-refractivity contribution in [3.8, 4) is 0 Å². The van der Waals surface area contributed by atoms with E-state index in [1.54, 1.807) is 0 Å². The molecule has 0 unspecified atom stereocenters. The molecule has 1 N–H and O–H groups in total. The molecule has 2 aromatic rings. The van der Waals surface area contributed by atoms with Crippen LogP contribution in [0.5, 0.6) is 0 Å². The zero-order valence-electron chi connectivity index (χ0n) is 16.5. The van der Waals surface area contributed by atoms with Crippen molar-refractivity contribution in [2.24, 2.45) is 0 Å². The normalized spacial score (nSPS) is 14.9. The van der Waals surface area contributed by atoms with Crippen LogP contribution in [0.4, 0.5) is 18.9 Å². The Bertz CT molecular complexity index is 1120. The number of sulfonamides is 1. The largest absolute Gasteiger partial charge is 0.452 e. The van der Waals surface area contributed by atoms with Crippen LogP contribution in [0.25, 0.3) is 0 Å². The first-order valence-corrected chi connectivity index (χ1v) is 11.2. The molecule has 0 atom stereocenters. The Morgan fingerprint density at radius 3 is 2.28 bits per heavy atom. The molecule has 3 rings (SSSR count). The molecule has 1 heterocycles. The summed E-state index contributed by atoms with van der Waals surface area (Å²) in [6.07, 6.45) is -3.18. The third-order valence-corrected chi connectivity index (χ3v) is 6.94. The molecule has 1 aliphatic rings. The highest BCUT2D eigenvalue weighted by atomic mass is 35.5. The first-order chi connectivity index (χ1) is 15.0. The second-order valence-corrected chi connectivity index (χ2v) is 9.27. The van der Waals surface area contributed by atoms with Gasteiger partial charge in [0.1, 0.15) is 0 Å². The summed E-state index contributed by atoms with van der Waals surface area (Å²) in [6, 6.07) is 8.00. The molecule has 172 valence electrons. The molecule has 1 fully saturated rings. The number of hydrogen-bond acceptors (Lipinski definition) is 5. The highest BCUT2D eigenvalue weighted by Crippen LogP contribution is 2.38. The molecule has 32 heavy (non-hydrogen) atoms. The lowest BCUT2D eigenvalue weighted by atomic mass is 10.1. The monoisotopic (exact) mass is 490 g/mol. The van der Waals surface area contributed by atoms with Gasteiger partial charge in [0, 0.05) is 13.1 Å². The summed E-state index contributed by atoms with van der Waals surface area (Å²) in [7, 11) is -3.65. The fraction of sp³-hybridized carbons (Fsp3) is 0.300. The zero-order valence-corrected chi connectivity index (χ0v) is 18.1. The average molecular weight is 491 g/mol. The Labute approximate surface area is 187 Å². The standard InChI is InChI=1S/C20H18ClF3N2O5S/c21-16-5-3-4-15(20(22,23)24)18(16)25-17(27)12-31-19(28)13-6-8-14(9-7-13)32(29,30)26-10-1-2-11-26/h3-9H,1-2,10-12H2,(H,25,27). The molecule has 0 radical (unpaired) electrons. The first kappa shape index (κ1) is 24.0. The van der Waals surface area contributed by atoms with Crippen molar-refractivity contribution < 1.29 is 35.9 Å². The minimum atomic E-state index is -4.75. The summed E-state index contributed by atoms with van der Waals surface area (Å²) >= 11 is 5.76. The van der Waals surface area contributed by atoms with Crippen LogP contribution in [-0.2, 0) is 25.7 Å². The van der Waals surface area contributed by atoms with Gasteiger partial charge in [-0.2, -0.15) is 17.5 Å². The number of esters is 1. The molecule has 0 bridgehead atoms. The number of halogens is 4. The third-order valence-electron chi connectivity index (χ3n) is 4.71. The number of nitrogens with one attached hydrogen (secondary N) is 1. The minimum Gasteiger partial charge on any atom is -0.452 e. The molecule has 0 aliphatic carbocycles. The van der Waals surface area contributed by atoms with Crippen molar-refractivity contribution in [1.29, 1.82) is 0 Å². The van der Waals surface area contributed by atoms with E-state index in [1.165, 1.54) is 34.6 Å². The number of rotatable bonds is 6. The Hall–Kier alpha value is -2.63. The van der Waals surface area contributed by atoms with Crippen LogP contribution >= 0.6 is 11.6 Å². The summed E-state index contributed by atoms with van der Waals surface area (Å²) in [5.74, 6) is -1.97. The number of nitrogens with zero attached hydrogens (tertiary/aromatic N) is 1. The second kappa shape index (κ2) is 9.47. The van der Waals surface area contributed by atoms with Crippen LogP contribution in [0.15, 0.2) is 47.4 Å². The van der Waals surface area contributed by atoms with E-state index < -0.39 is 45.9 Å². The number of amides is 1. The summed E-state index contributed by atoms with van der Waals surface area (Å²) in [6.45, 7) is 0.000620. The zero-order chi connectivity index (χ0) is 23.5. The quantitative estimate of drug-likeness (QED) is 0.619. The first-order valence-electron chi connectivity index (χ1n) is 9.43. The summed E-state index contributed by atoms with van der Waals surface area (Å²) < 4.78 is 70.4. The van der Waals surface area contributed by atoms with Gasteiger partial charge < -0.3 is 10.1 Å². The van der Waals surface area contributed by atoms with Crippen LogP contribution in [0, 0.1) is 0 Å². The predicted octanol–water partition coefficient (Wildman–Crippen LogP) is 3.94. The lowest BCUT2D eigenvalue weighted by molar-refractivity contribution is -0.137. The van der Waals surface area contributed by atoms with Gasteiger partial charge in [-0.05, 0) is 49.2 Å². The highest BCUT2D eigenvalue weighted by Gasteiger charge is 2.35. The molecule has 1 saturated heterocycles. The molecule has 0 aromatic heterocycles. The van der Waals surface area contributed by atoms with Gasteiger partial charge in [-0.25, -0.2) is 13.2 Å². The van der Waals surface area contributed by atoms with Gasteiger partial charge in [-0.15, -0.1) is 0 Å². The molecular weight excluding hydrogens is 473 g/mol. The van der Waals surface area contributed by atoms with E-state index in [-0.39, 0.29) is 15.5 Å². The van der Waals surface area contributed by atoms with Crippen molar-refractivity contribution in [1.82, 2.24) is 4.31 Å². The van der Waals surface area contributed by atoms with Crippen molar-refractivity contribution >= 4 is 39.2 Å². The Balaban J connectivity index is 1.62. The van der Waals surface area contributed by atoms with Crippen molar-refractivity contribution in [2.75, 3.05) is 25.0 Å². The van der Waals surface area contributed by atoms with E-state index >= 15 is 0 Å². The summed E-state index contributed by atoms with van der Waals surface area (Å²) in [4.78, 5) is 24.2. The lowest BCUT2D eigenvalue weighted by Crippen LogP contribution is -2.27. The number of carbonyl (C=O) groups excluding carboxylic acids is 2. The maximum absolute atomic E-state index is 13.1. The maximum Gasteiger partial charge on any atom is 0.418 e. The van der Waals surface area contributed by atoms with E-state index in [2.05, 4.69) is 0 Å². The predicted molar refractivity (Wildman–Crippen MR) is 110 cm³/mol. The van der Waals surface area contributed by atoms with E-state index in [0.29, 0.717) is 13.1 Å². The fourth-order valence-corrected chi connectivity index (χ4v) is 4.86. The van der Waals surface area contributed by atoms with Gasteiger partial charge in [-0.1, -0.05) is 17.7 Å². The van der Waals surface area contributed by atoms with Crippen LogP contribution in [0.2, 0.25) is 5.02 Å². The van der Waals surface area contributed by atoms with Gasteiger partial charge >= 0.3 is 12.1 Å². The Kier molecular flexibility index (Phi) is 7.11. The van der Waals surface area contributed by atoms with Crippen molar-refractivity contribution in [3.63, 3.8) is 0 Å². The topological polar surface area (TPSA) is 92.8 Å². The summed E-state index contributed by atoms with van der Waals surface area (Å²) in [5, 5.41) is 1.67. The van der Waals surface area contributed by atoms with Gasteiger partial charge in [0.2, 0.25) is 10.0 Å². The highest BCUT2D eigenvalue weighted by molar-refractivity contribution is 7.89. The molecule has 0 spiro atoms. The van der Waals surface area contributed by atoms with E-state index in [4.69, 9.17) is 16.3 Å². The third kappa shape index (κ3) is 5.40. The van der Waals surface area contributed by atoms with Crippen LogP contribution in [0.3, 0.4) is 0 Å². The molecule has 2 aromatic carbocycles. The lowest BCUT2D eigenvalue weighted by Gasteiger charge is -2.16. The van der Waals surface area contributed by atoms with Gasteiger partial charge in [0.05, 0.1) is 26.7 Å². The molecule has 12 heteroatoms. The van der Waals surface area contributed by atoms with E-state index in [9.17, 15) is 31.2 Å². The maximum atomic E-state index is 13.1. The van der Waals surface area contributed by atoms with Crippen LogP contribution < -0.4 is 5.32 Å².